The molecule has 0 aliphatic carbocycles. The van der Waals surface area contributed by atoms with Gasteiger partial charge in [-0.15, -0.1) is 0 Å². The molecule has 0 atom stereocenters. The fourth-order valence-corrected chi connectivity index (χ4v) is 3.08. The van der Waals surface area contributed by atoms with Gasteiger partial charge < -0.3 is 9.30 Å². The number of halogens is 1. The summed E-state index contributed by atoms with van der Waals surface area (Å²) in [6.45, 7) is 0.929. The summed E-state index contributed by atoms with van der Waals surface area (Å²) in [6, 6.07) is 10.6. The maximum atomic E-state index is 13.6. The number of ether oxygens (including phenoxy) is 1. The molecule has 6 nitrogen and oxygen atoms in total. The zero-order chi connectivity index (χ0) is 17.3. The molecule has 0 aliphatic heterocycles. The van der Waals surface area contributed by atoms with Gasteiger partial charge in [-0.25, -0.2) is 22.9 Å². The first-order valence-electron chi connectivity index (χ1n) is 7.18. The molecule has 2 aromatic carbocycles. The van der Waals surface area contributed by atoms with Crippen molar-refractivity contribution >= 4 is 21.1 Å². The van der Waals surface area contributed by atoms with E-state index >= 15 is 0 Å². The Labute approximate surface area is 138 Å². The van der Waals surface area contributed by atoms with Crippen LogP contribution in [-0.4, -0.2) is 31.7 Å². The van der Waals surface area contributed by atoms with E-state index in [1.54, 1.807) is 25.3 Å². The highest BCUT2D eigenvalue weighted by Crippen LogP contribution is 2.27. The molecule has 24 heavy (non-hydrogen) atoms. The van der Waals surface area contributed by atoms with Crippen LogP contribution in [0, 0.1) is 5.82 Å². The maximum Gasteiger partial charge on any atom is 0.238 e. The van der Waals surface area contributed by atoms with Gasteiger partial charge in [0.1, 0.15) is 11.6 Å². The Morgan fingerprint density at radius 1 is 1.25 bits per heavy atom. The van der Waals surface area contributed by atoms with Crippen molar-refractivity contribution in [3.63, 3.8) is 0 Å². The monoisotopic (exact) mass is 349 g/mol. The average Bonchev–Trinajstić information content (AvgIpc) is 2.90. The number of imidazole rings is 1. The van der Waals surface area contributed by atoms with Crippen LogP contribution in [0.5, 0.6) is 0 Å². The van der Waals surface area contributed by atoms with Crippen LogP contribution in [0.3, 0.4) is 0 Å². The molecular weight excluding hydrogens is 333 g/mol. The van der Waals surface area contributed by atoms with Crippen LogP contribution in [0.4, 0.5) is 4.39 Å². The third-order valence-corrected chi connectivity index (χ3v) is 4.56. The van der Waals surface area contributed by atoms with E-state index in [0.717, 1.165) is 5.52 Å². The fraction of sp³-hybridized carbons (Fsp3) is 0.188. The molecule has 0 saturated carbocycles. The van der Waals surface area contributed by atoms with Gasteiger partial charge in [0.25, 0.3) is 0 Å². The van der Waals surface area contributed by atoms with Crippen molar-refractivity contribution in [3.8, 4) is 11.4 Å². The number of primary sulfonamides is 1. The lowest BCUT2D eigenvalue weighted by molar-refractivity contribution is 0.188. The minimum absolute atomic E-state index is 0.0165. The van der Waals surface area contributed by atoms with Crippen LogP contribution in [0.1, 0.15) is 0 Å². The molecule has 0 radical (unpaired) electrons. The standard InChI is InChI=1S/C16H16FN3O3S/c1-23-8-7-20-15-6-5-13(24(18,21)22)10-14(15)19-16(20)11-3-2-4-12(17)9-11/h2-6,9-10H,7-8H2,1H3,(H2,18,21,22). The average molecular weight is 349 g/mol. The molecule has 126 valence electrons. The molecule has 0 unspecified atom stereocenters. The minimum Gasteiger partial charge on any atom is -0.383 e. The van der Waals surface area contributed by atoms with Gasteiger partial charge in [0.15, 0.2) is 0 Å². The Bertz CT molecular complexity index is 999. The highest BCUT2D eigenvalue weighted by Gasteiger charge is 2.16. The SMILES string of the molecule is COCCn1c(-c2cccc(F)c2)nc2cc(S(N)(=O)=O)ccc21. The van der Waals surface area contributed by atoms with Crippen molar-refractivity contribution in [3.05, 3.63) is 48.3 Å². The van der Waals surface area contributed by atoms with Crippen molar-refractivity contribution in [2.45, 2.75) is 11.4 Å². The van der Waals surface area contributed by atoms with E-state index in [4.69, 9.17) is 9.88 Å². The summed E-state index contributed by atoms with van der Waals surface area (Å²) in [7, 11) is -2.24. The second-order valence-corrected chi connectivity index (χ2v) is 6.85. The first-order chi connectivity index (χ1) is 11.4. The molecule has 1 aromatic heterocycles. The third-order valence-electron chi connectivity index (χ3n) is 3.65. The molecule has 1 heterocycles. The Morgan fingerprint density at radius 3 is 2.71 bits per heavy atom. The van der Waals surface area contributed by atoms with Gasteiger partial charge in [0, 0.05) is 19.2 Å². The molecule has 0 spiro atoms. The number of sulfonamides is 1. The van der Waals surface area contributed by atoms with Crippen LogP contribution in [0.25, 0.3) is 22.4 Å². The van der Waals surface area contributed by atoms with Crippen molar-refractivity contribution in [2.75, 3.05) is 13.7 Å². The maximum absolute atomic E-state index is 13.6. The lowest BCUT2D eigenvalue weighted by Gasteiger charge is -2.09. The van der Waals surface area contributed by atoms with Crippen LogP contribution in [0.15, 0.2) is 47.4 Å². The fourth-order valence-electron chi connectivity index (χ4n) is 2.54. The highest BCUT2D eigenvalue weighted by molar-refractivity contribution is 7.89. The number of rotatable bonds is 5. The molecular formula is C16H16FN3O3S. The van der Waals surface area contributed by atoms with Crippen molar-refractivity contribution < 1.29 is 17.5 Å². The normalized spacial score (nSPS) is 12.0. The number of aromatic nitrogens is 2. The van der Waals surface area contributed by atoms with Crippen molar-refractivity contribution in [1.82, 2.24) is 9.55 Å². The lowest BCUT2D eigenvalue weighted by Crippen LogP contribution is -2.12. The Kier molecular flexibility index (Phi) is 4.35. The predicted molar refractivity (Wildman–Crippen MR) is 88.4 cm³/mol. The first-order valence-corrected chi connectivity index (χ1v) is 8.73. The Morgan fingerprint density at radius 2 is 2.04 bits per heavy atom. The Hall–Kier alpha value is -2.29. The predicted octanol–water partition coefficient (Wildman–Crippen LogP) is 2.14. The topological polar surface area (TPSA) is 87.2 Å². The number of nitrogens with two attached hydrogens (primary N) is 1. The van der Waals surface area contributed by atoms with E-state index < -0.39 is 10.0 Å². The van der Waals surface area contributed by atoms with E-state index in [9.17, 15) is 12.8 Å². The van der Waals surface area contributed by atoms with Crippen molar-refractivity contribution in [1.29, 1.82) is 0 Å². The summed E-state index contributed by atoms with van der Waals surface area (Å²) in [5.41, 5.74) is 1.79. The zero-order valence-electron chi connectivity index (χ0n) is 12.9. The quantitative estimate of drug-likeness (QED) is 0.764. The van der Waals surface area contributed by atoms with E-state index in [-0.39, 0.29) is 10.7 Å². The summed E-state index contributed by atoms with van der Waals surface area (Å²) in [5.74, 6) is 0.163. The summed E-state index contributed by atoms with van der Waals surface area (Å²) in [5, 5.41) is 5.17. The highest BCUT2D eigenvalue weighted by atomic mass is 32.2. The van der Waals surface area contributed by atoms with E-state index in [1.165, 1.54) is 24.3 Å². The summed E-state index contributed by atoms with van der Waals surface area (Å²) >= 11 is 0. The number of methoxy groups -OCH3 is 1. The zero-order valence-corrected chi connectivity index (χ0v) is 13.8. The first kappa shape index (κ1) is 16.6. The molecule has 8 heteroatoms. The molecule has 0 aliphatic rings. The van der Waals surface area contributed by atoms with Gasteiger partial charge >= 0.3 is 0 Å². The van der Waals surface area contributed by atoms with Gasteiger partial charge in [-0.1, -0.05) is 12.1 Å². The number of fused-ring (bicyclic) bond motifs is 1. The van der Waals surface area contributed by atoms with Gasteiger partial charge in [-0.3, -0.25) is 0 Å². The molecule has 2 N–H and O–H groups in total. The minimum atomic E-state index is -3.82. The number of hydrogen-bond acceptors (Lipinski definition) is 4. The third kappa shape index (κ3) is 3.16. The number of benzene rings is 2. The molecule has 0 saturated heterocycles. The van der Waals surface area contributed by atoms with Gasteiger partial charge in [-0.05, 0) is 30.3 Å². The van der Waals surface area contributed by atoms with E-state index in [1.807, 2.05) is 4.57 Å². The van der Waals surface area contributed by atoms with Crippen molar-refractivity contribution in [2.24, 2.45) is 5.14 Å². The Balaban J connectivity index is 2.23. The lowest BCUT2D eigenvalue weighted by atomic mass is 10.2. The van der Waals surface area contributed by atoms with E-state index in [0.29, 0.717) is 30.1 Å². The number of hydrogen-bond donors (Lipinski definition) is 1. The molecule has 3 rings (SSSR count). The van der Waals surface area contributed by atoms with Crippen LogP contribution < -0.4 is 5.14 Å². The summed E-state index contributed by atoms with van der Waals surface area (Å²) in [6.07, 6.45) is 0. The molecule has 0 bridgehead atoms. The van der Waals surface area contributed by atoms with Crippen LogP contribution in [0.2, 0.25) is 0 Å². The second-order valence-electron chi connectivity index (χ2n) is 5.29. The second kappa shape index (κ2) is 6.31. The van der Waals surface area contributed by atoms with Gasteiger partial charge in [-0.2, -0.15) is 0 Å². The largest absolute Gasteiger partial charge is 0.383 e. The molecule has 3 aromatic rings. The van der Waals surface area contributed by atoms with Gasteiger partial charge in [0.05, 0.1) is 22.5 Å². The van der Waals surface area contributed by atoms with Crippen LogP contribution >= 0.6 is 0 Å². The van der Waals surface area contributed by atoms with Crippen LogP contribution in [-0.2, 0) is 21.3 Å². The molecule has 0 fully saturated rings. The summed E-state index contributed by atoms with van der Waals surface area (Å²) in [4.78, 5) is 4.46. The summed E-state index contributed by atoms with van der Waals surface area (Å²) < 4.78 is 43.6. The smallest absolute Gasteiger partial charge is 0.238 e. The van der Waals surface area contributed by atoms with Gasteiger partial charge in [0.2, 0.25) is 10.0 Å². The van der Waals surface area contributed by atoms with E-state index in [2.05, 4.69) is 4.98 Å². The number of nitrogens with zero attached hydrogens (tertiary/aromatic N) is 2. The molecule has 0 amide bonds.